The number of pyridine rings is 1. The molecule has 0 bridgehead atoms. The van der Waals surface area contributed by atoms with Crippen LogP contribution < -0.4 is 15.6 Å². The van der Waals surface area contributed by atoms with Crippen LogP contribution in [0.25, 0.3) is 0 Å². The molecule has 0 saturated heterocycles. The van der Waals surface area contributed by atoms with E-state index in [2.05, 4.69) is 25.6 Å². The van der Waals surface area contributed by atoms with E-state index in [9.17, 15) is 26.3 Å². The Labute approximate surface area is 180 Å². The van der Waals surface area contributed by atoms with Crippen molar-refractivity contribution < 1.29 is 36.1 Å². The SMILES string of the molecule is COC1(C)CC(Nc2nc(NCc3c[nH+]ccc3C(F)(F)F)ncc2C(F)(F)F)C1(C)C. The normalized spacial score (nSPS) is 22.9. The Bertz CT molecular complexity index is 978. The molecule has 12 heteroatoms. The summed E-state index contributed by atoms with van der Waals surface area (Å²) in [5, 5.41) is 5.41. The molecule has 6 nitrogen and oxygen atoms in total. The van der Waals surface area contributed by atoms with Gasteiger partial charge in [0.25, 0.3) is 0 Å². The van der Waals surface area contributed by atoms with Crippen LogP contribution in [0.5, 0.6) is 0 Å². The number of ether oxygens (including phenoxy) is 1. The number of alkyl halides is 6. The highest BCUT2D eigenvalue weighted by atomic mass is 19.4. The van der Waals surface area contributed by atoms with E-state index in [1.54, 1.807) is 7.11 Å². The molecule has 0 spiro atoms. The van der Waals surface area contributed by atoms with Crippen molar-refractivity contribution in [2.75, 3.05) is 17.7 Å². The molecule has 1 saturated carbocycles. The summed E-state index contributed by atoms with van der Waals surface area (Å²) >= 11 is 0. The van der Waals surface area contributed by atoms with Crippen molar-refractivity contribution in [2.24, 2.45) is 5.41 Å². The summed E-state index contributed by atoms with van der Waals surface area (Å²) < 4.78 is 85.5. The second-order valence-corrected chi connectivity index (χ2v) is 8.45. The van der Waals surface area contributed by atoms with Gasteiger partial charge in [0.05, 0.1) is 11.2 Å². The van der Waals surface area contributed by atoms with Crippen molar-refractivity contribution in [1.82, 2.24) is 9.97 Å². The Morgan fingerprint density at radius 2 is 1.78 bits per heavy atom. The average Bonchev–Trinajstić information content (AvgIpc) is 2.70. The summed E-state index contributed by atoms with van der Waals surface area (Å²) in [7, 11) is 1.54. The zero-order chi connectivity index (χ0) is 23.9. The van der Waals surface area contributed by atoms with E-state index in [4.69, 9.17) is 4.74 Å². The van der Waals surface area contributed by atoms with E-state index in [1.807, 2.05) is 20.8 Å². The van der Waals surface area contributed by atoms with Crippen molar-refractivity contribution in [2.45, 2.75) is 57.7 Å². The first kappa shape index (κ1) is 24.0. The van der Waals surface area contributed by atoms with Gasteiger partial charge in [0, 0.05) is 42.9 Å². The minimum Gasteiger partial charge on any atom is -0.378 e. The number of halogens is 6. The molecule has 0 aliphatic heterocycles. The van der Waals surface area contributed by atoms with Gasteiger partial charge in [-0.15, -0.1) is 0 Å². The highest BCUT2D eigenvalue weighted by Gasteiger charge is 2.58. The van der Waals surface area contributed by atoms with E-state index in [0.717, 1.165) is 18.5 Å². The van der Waals surface area contributed by atoms with Gasteiger partial charge < -0.3 is 15.4 Å². The predicted octanol–water partition coefficient (Wildman–Crippen LogP) is 4.56. The van der Waals surface area contributed by atoms with E-state index in [1.165, 1.54) is 0 Å². The molecule has 0 radical (unpaired) electrons. The number of anilines is 2. The minimum atomic E-state index is -4.71. The van der Waals surface area contributed by atoms with Gasteiger partial charge in [-0.1, -0.05) is 13.8 Å². The van der Waals surface area contributed by atoms with Crippen LogP contribution in [0.1, 0.15) is 43.9 Å². The zero-order valence-corrected chi connectivity index (χ0v) is 17.9. The number of nitrogens with zero attached hydrogens (tertiary/aromatic N) is 2. The quantitative estimate of drug-likeness (QED) is 0.614. The standard InChI is InChI=1S/C20H23F6N5O/c1-17(2)14(7-18(17,3)32-4)30-15-13(20(24,25)26)10-29-16(31-15)28-9-11-8-27-6-5-12(11)19(21,22)23/h5-6,8,10,14H,7,9H2,1-4H3,(H2,28,29,30,31)/p+1. The predicted molar refractivity (Wildman–Crippen MR) is 104 cm³/mol. The van der Waals surface area contributed by atoms with E-state index in [-0.39, 0.29) is 24.1 Å². The lowest BCUT2D eigenvalue weighted by Gasteiger charge is -2.59. The second kappa shape index (κ2) is 8.05. The number of aromatic nitrogens is 3. The maximum Gasteiger partial charge on any atom is 0.421 e. The van der Waals surface area contributed by atoms with Gasteiger partial charge in [-0.05, 0) is 13.3 Å². The van der Waals surface area contributed by atoms with Crippen LogP contribution in [-0.4, -0.2) is 28.7 Å². The second-order valence-electron chi connectivity index (χ2n) is 8.45. The van der Waals surface area contributed by atoms with Crippen molar-refractivity contribution in [1.29, 1.82) is 0 Å². The maximum atomic E-state index is 13.5. The molecule has 3 N–H and O–H groups in total. The number of rotatable bonds is 6. The summed E-state index contributed by atoms with van der Waals surface area (Å²) in [6, 6.07) is 0.514. The highest BCUT2D eigenvalue weighted by Crippen LogP contribution is 2.53. The Balaban J connectivity index is 1.85. The van der Waals surface area contributed by atoms with Gasteiger partial charge in [0.1, 0.15) is 11.4 Å². The smallest absolute Gasteiger partial charge is 0.378 e. The Morgan fingerprint density at radius 1 is 1.12 bits per heavy atom. The van der Waals surface area contributed by atoms with E-state index < -0.39 is 40.3 Å². The van der Waals surface area contributed by atoms with Crippen LogP contribution in [0.15, 0.2) is 24.7 Å². The molecule has 32 heavy (non-hydrogen) atoms. The van der Waals surface area contributed by atoms with Crippen molar-refractivity contribution in [3.63, 3.8) is 0 Å². The highest BCUT2D eigenvalue weighted by molar-refractivity contribution is 5.51. The van der Waals surface area contributed by atoms with Crippen LogP contribution >= 0.6 is 0 Å². The maximum absolute atomic E-state index is 13.5. The fourth-order valence-electron chi connectivity index (χ4n) is 3.73. The molecule has 2 unspecified atom stereocenters. The molecule has 0 aromatic carbocycles. The van der Waals surface area contributed by atoms with Gasteiger partial charge in [-0.2, -0.15) is 31.3 Å². The largest absolute Gasteiger partial charge is 0.421 e. The number of nitrogens with one attached hydrogen (secondary N) is 3. The number of H-pyrrole nitrogens is 1. The summed E-state index contributed by atoms with van der Waals surface area (Å²) in [6.07, 6.45) is -5.94. The van der Waals surface area contributed by atoms with Crippen LogP contribution in [0.4, 0.5) is 38.1 Å². The summed E-state index contributed by atoms with van der Waals surface area (Å²) in [5.74, 6) is -0.675. The molecular weight excluding hydrogens is 440 g/mol. The molecule has 1 aliphatic carbocycles. The molecule has 1 fully saturated rings. The molecule has 2 aromatic heterocycles. The number of hydrogen-bond acceptors (Lipinski definition) is 5. The molecule has 176 valence electrons. The van der Waals surface area contributed by atoms with Gasteiger partial charge in [-0.25, -0.2) is 9.97 Å². The summed E-state index contributed by atoms with van der Waals surface area (Å²) in [4.78, 5) is 10.1. The molecule has 3 rings (SSSR count). The lowest BCUT2D eigenvalue weighted by Crippen LogP contribution is -2.65. The van der Waals surface area contributed by atoms with Crippen LogP contribution in [-0.2, 0) is 23.6 Å². The van der Waals surface area contributed by atoms with Gasteiger partial charge in [0.15, 0.2) is 12.4 Å². The Kier molecular flexibility index (Phi) is 6.05. The van der Waals surface area contributed by atoms with E-state index in [0.29, 0.717) is 12.6 Å². The number of hydrogen-bond donors (Lipinski definition) is 2. The number of aromatic amines is 1. The third kappa shape index (κ3) is 4.45. The Morgan fingerprint density at radius 3 is 2.34 bits per heavy atom. The third-order valence-corrected chi connectivity index (χ3v) is 6.38. The molecular formula is C20H24F6N5O+. The van der Waals surface area contributed by atoms with Crippen LogP contribution in [0.2, 0.25) is 0 Å². The average molecular weight is 464 g/mol. The van der Waals surface area contributed by atoms with Crippen molar-refractivity contribution in [3.8, 4) is 0 Å². The monoisotopic (exact) mass is 464 g/mol. The van der Waals surface area contributed by atoms with E-state index >= 15 is 0 Å². The molecule has 2 aromatic rings. The summed E-state index contributed by atoms with van der Waals surface area (Å²) in [5.41, 5.74) is -3.08. The Hall–Kier alpha value is -2.63. The number of methoxy groups -OCH3 is 1. The fourth-order valence-corrected chi connectivity index (χ4v) is 3.73. The third-order valence-electron chi connectivity index (χ3n) is 6.38. The van der Waals surface area contributed by atoms with Gasteiger partial charge in [-0.3, -0.25) is 0 Å². The molecule has 2 atom stereocenters. The molecule has 2 heterocycles. The van der Waals surface area contributed by atoms with Crippen LogP contribution in [0, 0.1) is 5.41 Å². The molecule has 1 aliphatic rings. The zero-order valence-electron chi connectivity index (χ0n) is 17.9. The van der Waals surface area contributed by atoms with Gasteiger partial charge in [0.2, 0.25) is 5.95 Å². The summed E-state index contributed by atoms with van der Waals surface area (Å²) in [6.45, 7) is 5.28. The first-order valence-corrected chi connectivity index (χ1v) is 9.75. The minimum absolute atomic E-state index is 0.131. The topological polar surface area (TPSA) is 73.2 Å². The van der Waals surface area contributed by atoms with Crippen molar-refractivity contribution in [3.05, 3.63) is 41.3 Å². The molecule has 0 amide bonds. The van der Waals surface area contributed by atoms with Crippen LogP contribution in [0.3, 0.4) is 0 Å². The van der Waals surface area contributed by atoms with Crippen molar-refractivity contribution >= 4 is 11.8 Å². The lowest BCUT2D eigenvalue weighted by molar-refractivity contribution is -0.379. The fraction of sp³-hybridized carbons (Fsp3) is 0.550. The van der Waals surface area contributed by atoms with Gasteiger partial charge >= 0.3 is 12.4 Å². The first-order valence-electron chi connectivity index (χ1n) is 9.75. The lowest BCUT2D eigenvalue weighted by atomic mass is 9.56. The first-order chi connectivity index (χ1) is 14.7.